The Kier molecular flexibility index (Phi) is 27.7. The molecule has 3 aromatic carbocycles. The van der Waals surface area contributed by atoms with Crippen molar-refractivity contribution in [2.45, 2.75) is 159 Å². The first-order chi connectivity index (χ1) is 38.3. The number of nitrogens with two attached hydrogens (primary N) is 1. The van der Waals surface area contributed by atoms with Gasteiger partial charge >= 0.3 is 12.0 Å². The van der Waals surface area contributed by atoms with Gasteiger partial charge in [0.1, 0.15) is 18.3 Å². The average molecular weight is 1120 g/mol. The Hall–Kier alpha value is -7.68. The van der Waals surface area contributed by atoms with Crippen LogP contribution in [0.25, 0.3) is 22.5 Å². The molecule has 7 N–H and O–H groups in total. The molecule has 1 aliphatic rings. The highest BCUT2D eigenvalue weighted by Gasteiger charge is 2.32. The number of amides is 8. The fourth-order valence-electron chi connectivity index (χ4n) is 8.32. The van der Waals surface area contributed by atoms with E-state index in [1.54, 1.807) is 55.0 Å². The number of primary amides is 1. The van der Waals surface area contributed by atoms with Gasteiger partial charge < -0.3 is 51.6 Å². The largest absolute Gasteiger partial charge is 0.461 e. The Morgan fingerprint density at radius 3 is 2.06 bits per heavy atom. The Morgan fingerprint density at radius 2 is 1.44 bits per heavy atom. The van der Waals surface area contributed by atoms with E-state index < -0.39 is 40.9 Å². The van der Waals surface area contributed by atoms with Gasteiger partial charge in [-0.15, -0.1) is 5.10 Å². The smallest absolute Gasteiger partial charge is 0.312 e. The van der Waals surface area contributed by atoms with Gasteiger partial charge in [0.2, 0.25) is 35.4 Å². The van der Waals surface area contributed by atoms with Crippen LogP contribution in [-0.2, 0) is 56.2 Å². The first-order valence-corrected chi connectivity index (χ1v) is 28.1. The van der Waals surface area contributed by atoms with Gasteiger partial charge in [0.05, 0.1) is 30.1 Å². The molecule has 0 bridgehead atoms. The second-order valence-electron chi connectivity index (χ2n) is 21.5. The van der Waals surface area contributed by atoms with Gasteiger partial charge in [-0.25, -0.2) is 9.48 Å². The normalized spacial score (nSPS) is 12.0. The van der Waals surface area contributed by atoms with Gasteiger partial charge in [0.15, 0.2) is 0 Å². The van der Waals surface area contributed by atoms with E-state index in [1.807, 2.05) is 102 Å². The number of urea groups is 1. The summed E-state index contributed by atoms with van der Waals surface area (Å²) >= 11 is 0. The molecule has 8 amide bonds. The van der Waals surface area contributed by atoms with Crippen LogP contribution < -0.4 is 37.2 Å². The van der Waals surface area contributed by atoms with Crippen LogP contribution in [-0.4, -0.2) is 119 Å². The van der Waals surface area contributed by atoms with Crippen LogP contribution in [0.4, 0.5) is 16.2 Å². The summed E-state index contributed by atoms with van der Waals surface area (Å²) in [5.41, 5.74) is 9.72. The summed E-state index contributed by atoms with van der Waals surface area (Å²) in [7, 11) is 1.70. The van der Waals surface area contributed by atoms with Crippen LogP contribution in [0.2, 0.25) is 0 Å². The van der Waals surface area contributed by atoms with Gasteiger partial charge in [0.25, 0.3) is 0 Å². The standard InChI is InChI=1S/C54H73N9O9.C4H10N2O.C2H6/c1-35(2)48(51(69)56-32-45(66)57-40-24-22-38(23-25-40)34-71-37(5)64)58-44(65)20-15-21-46(67)61(10)30-27-54(8,9)72-31-28-53(6,7)52(70)55-29-26-47(68)62-33-39-16-11-12-17-41(39)50-49(59-60-63(50)36(3)4)42-18-13-14-19-43(42)62;1-2-3-6-4(5)7;1-2/h11-14,16-19,22-25,35-36,48H,15,20-21,26-34H2,1-10H3,(H,55,70)(H,56,69)(H,57,66)(H,58,65);2-3H2,1H3,(H3,5,6,7);1-2H3. The number of ether oxygens (including phenoxy) is 2. The van der Waals surface area contributed by atoms with Crippen LogP contribution in [0, 0.1) is 11.3 Å². The minimum absolute atomic E-state index is 0.0330. The number of hydrogen-bond acceptors (Lipinski definition) is 12. The highest BCUT2D eigenvalue weighted by atomic mass is 16.5. The lowest BCUT2D eigenvalue weighted by Crippen LogP contribution is -2.51. The molecule has 444 valence electrons. The van der Waals surface area contributed by atoms with Gasteiger partial charge in [-0.05, 0) is 88.6 Å². The SMILES string of the molecule is CC.CC(=O)OCc1ccc(NC(=O)CNC(=O)C(NC(=O)CCCC(=O)N(C)CCC(C)(C)OCCC(C)(C)C(=O)NCCC(=O)N2Cc3ccccc3-c3c(nnn3C(C)C)-c3ccccc32)C(C)C)cc1.CCCNC(N)=O. The molecule has 4 aromatic rings. The number of para-hydroxylation sites is 1. The molecule has 21 nitrogen and oxygen atoms in total. The minimum atomic E-state index is -0.884. The van der Waals surface area contributed by atoms with Crippen molar-refractivity contribution < 1.29 is 47.8 Å². The van der Waals surface area contributed by atoms with Crippen molar-refractivity contribution >= 4 is 58.8 Å². The third kappa shape index (κ3) is 22.1. The van der Waals surface area contributed by atoms with E-state index >= 15 is 0 Å². The topological polar surface area (TPSA) is 278 Å². The van der Waals surface area contributed by atoms with E-state index in [9.17, 15) is 38.4 Å². The Bertz CT molecular complexity index is 2720. The molecule has 21 heteroatoms. The maximum atomic E-state index is 14.0. The van der Waals surface area contributed by atoms with Crippen molar-refractivity contribution in [1.29, 1.82) is 0 Å². The lowest BCUT2D eigenvalue weighted by Gasteiger charge is -2.31. The van der Waals surface area contributed by atoms with Crippen LogP contribution in [0.3, 0.4) is 0 Å². The van der Waals surface area contributed by atoms with Crippen LogP contribution >= 0.6 is 0 Å². The molecule has 1 aliphatic heterocycles. The van der Waals surface area contributed by atoms with Gasteiger partial charge in [-0.2, -0.15) is 0 Å². The number of rotatable bonds is 26. The average Bonchev–Trinajstić information content (AvgIpc) is 4.16. The summed E-state index contributed by atoms with van der Waals surface area (Å²) in [6.45, 7) is 24.3. The number of carbonyl (C=O) groups is 8. The molecule has 0 aliphatic carbocycles. The van der Waals surface area contributed by atoms with Crippen LogP contribution in [0.5, 0.6) is 0 Å². The quantitative estimate of drug-likeness (QED) is 0.0328. The minimum Gasteiger partial charge on any atom is -0.461 e. The fourth-order valence-corrected chi connectivity index (χ4v) is 8.32. The number of esters is 1. The number of hydrogen-bond donors (Lipinski definition) is 6. The lowest BCUT2D eigenvalue weighted by molar-refractivity contribution is -0.142. The monoisotopic (exact) mass is 1120 g/mol. The molecule has 0 fully saturated rings. The van der Waals surface area contributed by atoms with Gasteiger partial charge in [-0.1, -0.05) is 108 Å². The van der Waals surface area contributed by atoms with E-state index in [0.29, 0.717) is 50.5 Å². The third-order valence-electron chi connectivity index (χ3n) is 13.2. The Morgan fingerprint density at radius 1 is 0.790 bits per heavy atom. The number of nitrogens with zero attached hydrogens (tertiary/aromatic N) is 5. The van der Waals surface area contributed by atoms with Gasteiger partial charge in [-0.3, -0.25) is 33.6 Å². The first kappa shape index (κ1) is 67.6. The molecule has 2 heterocycles. The molecule has 0 saturated carbocycles. The Balaban J connectivity index is 0.00000177. The highest BCUT2D eigenvalue weighted by Crippen LogP contribution is 2.42. The van der Waals surface area contributed by atoms with E-state index in [1.165, 1.54) is 6.92 Å². The summed E-state index contributed by atoms with van der Waals surface area (Å²) in [5.74, 6) is -2.47. The molecule has 0 saturated heterocycles. The molecular formula is C60H89N11O10. The molecule has 0 radical (unpaired) electrons. The molecule has 81 heavy (non-hydrogen) atoms. The number of carbonyl (C=O) groups excluding carboxylic acids is 8. The van der Waals surface area contributed by atoms with Crippen molar-refractivity contribution in [2.75, 3.05) is 50.1 Å². The predicted octanol–water partition coefficient (Wildman–Crippen LogP) is 7.83. The van der Waals surface area contributed by atoms with E-state index in [2.05, 4.69) is 50.7 Å². The van der Waals surface area contributed by atoms with Gasteiger partial charge in [0, 0.05) is 87.7 Å². The molecule has 1 unspecified atom stereocenters. The summed E-state index contributed by atoms with van der Waals surface area (Å²) in [4.78, 5) is 103. The van der Waals surface area contributed by atoms with Crippen molar-refractivity contribution in [3.8, 4) is 22.5 Å². The van der Waals surface area contributed by atoms with Crippen LogP contribution in [0.1, 0.15) is 145 Å². The number of benzene rings is 3. The number of aromatic nitrogens is 3. The summed E-state index contributed by atoms with van der Waals surface area (Å²) < 4.78 is 13.1. The van der Waals surface area contributed by atoms with E-state index in [4.69, 9.17) is 15.2 Å². The molecule has 0 spiro atoms. The molecule has 1 aromatic heterocycles. The van der Waals surface area contributed by atoms with E-state index in [0.717, 1.165) is 40.1 Å². The maximum absolute atomic E-state index is 14.0. The summed E-state index contributed by atoms with van der Waals surface area (Å²) in [6.07, 6.45) is 2.42. The second kappa shape index (κ2) is 33.2. The zero-order chi connectivity index (χ0) is 60.5. The van der Waals surface area contributed by atoms with Crippen molar-refractivity contribution in [3.05, 3.63) is 83.9 Å². The van der Waals surface area contributed by atoms with Crippen molar-refractivity contribution in [2.24, 2.45) is 17.1 Å². The van der Waals surface area contributed by atoms with Crippen LogP contribution in [0.15, 0.2) is 72.8 Å². The maximum Gasteiger partial charge on any atom is 0.312 e. The summed E-state index contributed by atoms with van der Waals surface area (Å²) in [6, 6.07) is 21.2. The predicted molar refractivity (Wildman–Crippen MR) is 314 cm³/mol. The second-order valence-corrected chi connectivity index (χ2v) is 21.5. The zero-order valence-corrected chi connectivity index (χ0v) is 50.0. The number of fused-ring (bicyclic) bond motifs is 5. The zero-order valence-electron chi connectivity index (χ0n) is 50.0. The molecule has 1 atom stereocenters. The summed E-state index contributed by atoms with van der Waals surface area (Å²) in [5, 5.41) is 22.5. The fraction of sp³-hybridized carbons (Fsp3) is 0.533. The molecular weight excluding hydrogens is 1030 g/mol. The van der Waals surface area contributed by atoms with Crippen molar-refractivity contribution in [1.82, 2.24) is 41.2 Å². The number of anilines is 2. The Labute approximate surface area is 478 Å². The molecule has 5 rings (SSSR count). The highest BCUT2D eigenvalue weighted by molar-refractivity contribution is 6.00. The third-order valence-corrected chi connectivity index (χ3v) is 13.2. The first-order valence-electron chi connectivity index (χ1n) is 28.1. The number of nitrogens with one attached hydrogen (secondary N) is 5. The lowest BCUT2D eigenvalue weighted by atomic mass is 9.88. The van der Waals surface area contributed by atoms with E-state index in [-0.39, 0.29) is 81.0 Å². The van der Waals surface area contributed by atoms with Crippen molar-refractivity contribution in [3.63, 3.8) is 0 Å².